The molecule has 7 nitrogen and oxygen atoms in total. The highest BCUT2D eigenvalue weighted by Crippen LogP contribution is 2.18. The number of carbonyl (C=O) groups is 1. The number of hydrogen-bond donors (Lipinski definition) is 1. The zero-order chi connectivity index (χ0) is 12.2. The molecule has 2 N–H and O–H groups in total. The summed E-state index contributed by atoms with van der Waals surface area (Å²) < 4.78 is 6.39. The summed E-state index contributed by atoms with van der Waals surface area (Å²) in [5.74, 6) is -0.0577. The number of thioether (sulfide) groups is 1. The molecule has 0 aliphatic rings. The van der Waals surface area contributed by atoms with Gasteiger partial charge in [-0.05, 0) is 24.3 Å². The minimum absolute atomic E-state index is 0.321. The van der Waals surface area contributed by atoms with Crippen LogP contribution in [0.5, 0.6) is 0 Å². The van der Waals surface area contributed by atoms with Crippen LogP contribution in [0.1, 0.15) is 13.8 Å². The smallest absolute Gasteiger partial charge is 0.326 e. The number of rotatable bonds is 5. The van der Waals surface area contributed by atoms with Crippen molar-refractivity contribution in [2.24, 2.45) is 12.8 Å². The van der Waals surface area contributed by atoms with Crippen molar-refractivity contribution in [1.29, 1.82) is 0 Å². The number of tetrazole rings is 1. The van der Waals surface area contributed by atoms with Crippen LogP contribution in [-0.4, -0.2) is 44.1 Å². The molecule has 0 saturated carbocycles. The van der Waals surface area contributed by atoms with Crippen LogP contribution in [0.3, 0.4) is 0 Å². The largest absolute Gasteiger partial charge is 0.465 e. The lowest BCUT2D eigenvalue weighted by Crippen LogP contribution is -2.48. The minimum atomic E-state index is -1.04. The molecule has 0 spiro atoms. The number of ether oxygens (including phenoxy) is 1. The summed E-state index contributed by atoms with van der Waals surface area (Å²) in [4.78, 5) is 11.5. The highest BCUT2D eigenvalue weighted by molar-refractivity contribution is 7.99. The molecule has 1 aromatic heterocycles. The number of aryl methyl sites for hydroxylation is 1. The highest BCUT2D eigenvalue weighted by atomic mass is 32.2. The van der Waals surface area contributed by atoms with E-state index in [-0.39, 0.29) is 0 Å². The molecule has 0 aromatic carbocycles. The van der Waals surface area contributed by atoms with Crippen molar-refractivity contribution in [3.63, 3.8) is 0 Å². The Morgan fingerprint density at radius 1 is 1.69 bits per heavy atom. The summed E-state index contributed by atoms with van der Waals surface area (Å²) in [6, 6.07) is 0. The first-order valence-electron chi connectivity index (χ1n) is 4.78. The molecule has 16 heavy (non-hydrogen) atoms. The van der Waals surface area contributed by atoms with E-state index in [9.17, 15) is 4.79 Å². The van der Waals surface area contributed by atoms with Gasteiger partial charge in [0, 0.05) is 12.8 Å². The molecule has 0 bridgehead atoms. The Morgan fingerprint density at radius 2 is 2.38 bits per heavy atom. The summed E-state index contributed by atoms with van der Waals surface area (Å²) in [6.45, 7) is 3.69. The second kappa shape index (κ2) is 5.26. The van der Waals surface area contributed by atoms with Crippen molar-refractivity contribution in [2.45, 2.75) is 24.5 Å². The predicted octanol–water partition coefficient (Wildman–Crippen LogP) is -0.417. The van der Waals surface area contributed by atoms with Crippen molar-refractivity contribution in [2.75, 3.05) is 12.4 Å². The molecule has 0 saturated heterocycles. The fourth-order valence-corrected chi connectivity index (χ4v) is 1.78. The molecule has 1 atom stereocenters. The topological polar surface area (TPSA) is 95.9 Å². The standard InChI is InChI=1S/C8H15N5O2S/c1-4-15-6(14)8(2,9)5-16-7-10-11-12-13(7)3/h4-5,9H2,1-3H3. The van der Waals surface area contributed by atoms with E-state index in [0.29, 0.717) is 17.5 Å². The van der Waals surface area contributed by atoms with E-state index >= 15 is 0 Å². The van der Waals surface area contributed by atoms with Gasteiger partial charge in [-0.25, -0.2) is 4.68 Å². The lowest BCUT2D eigenvalue weighted by atomic mass is 10.1. The van der Waals surface area contributed by atoms with E-state index in [1.807, 2.05) is 0 Å². The van der Waals surface area contributed by atoms with E-state index in [1.54, 1.807) is 20.9 Å². The van der Waals surface area contributed by atoms with Gasteiger partial charge in [0.1, 0.15) is 5.54 Å². The maximum atomic E-state index is 11.5. The summed E-state index contributed by atoms with van der Waals surface area (Å²) in [7, 11) is 1.72. The molecule has 8 heteroatoms. The summed E-state index contributed by atoms with van der Waals surface area (Å²) >= 11 is 1.32. The van der Waals surface area contributed by atoms with Crippen molar-refractivity contribution >= 4 is 17.7 Å². The van der Waals surface area contributed by atoms with E-state index in [4.69, 9.17) is 10.5 Å². The fourth-order valence-electron chi connectivity index (χ4n) is 0.913. The van der Waals surface area contributed by atoms with Gasteiger partial charge in [-0.3, -0.25) is 4.79 Å². The average Bonchev–Trinajstić information content (AvgIpc) is 2.61. The van der Waals surface area contributed by atoms with Crippen LogP contribution in [0, 0.1) is 0 Å². The monoisotopic (exact) mass is 245 g/mol. The van der Waals surface area contributed by atoms with Crippen molar-refractivity contribution in [1.82, 2.24) is 20.2 Å². The van der Waals surface area contributed by atoms with Crippen molar-refractivity contribution < 1.29 is 9.53 Å². The first-order valence-corrected chi connectivity index (χ1v) is 5.77. The number of nitrogens with two attached hydrogens (primary N) is 1. The van der Waals surface area contributed by atoms with Gasteiger partial charge in [0.15, 0.2) is 0 Å². The molecule has 1 aromatic rings. The lowest BCUT2D eigenvalue weighted by molar-refractivity contribution is -0.148. The quantitative estimate of drug-likeness (QED) is 0.556. The van der Waals surface area contributed by atoms with Gasteiger partial charge in [-0.1, -0.05) is 11.8 Å². The Kier molecular flexibility index (Phi) is 4.25. The molecule has 0 radical (unpaired) electrons. The second-order valence-corrected chi connectivity index (χ2v) is 4.45. The van der Waals surface area contributed by atoms with Gasteiger partial charge in [0.2, 0.25) is 5.16 Å². The first-order chi connectivity index (χ1) is 7.47. The van der Waals surface area contributed by atoms with Crippen LogP contribution in [0.4, 0.5) is 0 Å². The van der Waals surface area contributed by atoms with E-state index in [1.165, 1.54) is 16.4 Å². The SMILES string of the molecule is CCOC(=O)C(C)(N)CSc1nnnn1C. The van der Waals surface area contributed by atoms with Gasteiger partial charge in [-0.15, -0.1) is 5.10 Å². The van der Waals surface area contributed by atoms with Gasteiger partial charge >= 0.3 is 5.97 Å². The number of esters is 1. The van der Waals surface area contributed by atoms with Crippen molar-refractivity contribution in [3.05, 3.63) is 0 Å². The molecule has 1 rings (SSSR count). The van der Waals surface area contributed by atoms with Crippen LogP contribution < -0.4 is 5.73 Å². The maximum Gasteiger partial charge on any atom is 0.326 e. The Bertz CT molecular complexity index is 365. The van der Waals surface area contributed by atoms with E-state index < -0.39 is 11.5 Å². The maximum absolute atomic E-state index is 11.5. The normalized spacial score (nSPS) is 14.5. The molecule has 0 amide bonds. The summed E-state index contributed by atoms with van der Waals surface area (Å²) in [5.41, 5.74) is 4.80. The Labute approximate surface area is 97.7 Å². The van der Waals surface area contributed by atoms with Crippen LogP contribution in [0.2, 0.25) is 0 Å². The molecular weight excluding hydrogens is 230 g/mol. The Hall–Kier alpha value is -1.15. The zero-order valence-corrected chi connectivity index (χ0v) is 10.3. The molecule has 0 aliphatic heterocycles. The lowest BCUT2D eigenvalue weighted by Gasteiger charge is -2.20. The third kappa shape index (κ3) is 3.17. The highest BCUT2D eigenvalue weighted by Gasteiger charge is 2.30. The third-order valence-electron chi connectivity index (χ3n) is 1.82. The minimum Gasteiger partial charge on any atom is -0.465 e. The van der Waals surface area contributed by atoms with Gasteiger partial charge < -0.3 is 10.5 Å². The Balaban J connectivity index is 2.54. The van der Waals surface area contributed by atoms with Crippen LogP contribution >= 0.6 is 11.8 Å². The molecule has 90 valence electrons. The molecule has 0 aliphatic carbocycles. The van der Waals surface area contributed by atoms with Gasteiger partial charge in [0.05, 0.1) is 6.61 Å². The first kappa shape index (κ1) is 12.9. The molecule has 0 fully saturated rings. The van der Waals surface area contributed by atoms with Gasteiger partial charge in [-0.2, -0.15) is 0 Å². The number of carbonyl (C=O) groups excluding carboxylic acids is 1. The van der Waals surface area contributed by atoms with Crippen LogP contribution in [-0.2, 0) is 16.6 Å². The van der Waals surface area contributed by atoms with Gasteiger partial charge in [0.25, 0.3) is 0 Å². The van der Waals surface area contributed by atoms with Crippen molar-refractivity contribution in [3.8, 4) is 0 Å². The average molecular weight is 245 g/mol. The molecule has 1 unspecified atom stereocenters. The van der Waals surface area contributed by atoms with Crippen LogP contribution in [0.25, 0.3) is 0 Å². The third-order valence-corrected chi connectivity index (χ3v) is 3.17. The second-order valence-electron chi connectivity index (χ2n) is 3.51. The molecule has 1 heterocycles. The van der Waals surface area contributed by atoms with Crippen LogP contribution in [0.15, 0.2) is 5.16 Å². The molecular formula is C8H15N5O2S. The predicted molar refractivity (Wildman–Crippen MR) is 58.7 cm³/mol. The summed E-state index contributed by atoms with van der Waals surface area (Å²) in [6.07, 6.45) is 0. The summed E-state index contributed by atoms with van der Waals surface area (Å²) in [5, 5.41) is 11.6. The van der Waals surface area contributed by atoms with E-state index in [0.717, 1.165) is 0 Å². The van der Waals surface area contributed by atoms with E-state index in [2.05, 4.69) is 15.5 Å². The zero-order valence-electron chi connectivity index (χ0n) is 9.51. The fraction of sp³-hybridized carbons (Fsp3) is 0.750. The number of nitrogens with zero attached hydrogens (tertiary/aromatic N) is 4. The number of aromatic nitrogens is 4. The number of hydrogen-bond acceptors (Lipinski definition) is 7. The Morgan fingerprint density at radius 3 is 2.88 bits per heavy atom.